The lowest BCUT2D eigenvalue weighted by atomic mass is 10.1. The minimum atomic E-state index is -3.45. The van der Waals surface area contributed by atoms with Gasteiger partial charge in [0.25, 0.3) is 5.91 Å². The van der Waals surface area contributed by atoms with Crippen LogP contribution in [-0.2, 0) is 10.0 Å². The lowest BCUT2D eigenvalue weighted by molar-refractivity contribution is 0.0998. The Morgan fingerprint density at radius 1 is 1.00 bits per heavy atom. The number of carbonyl (C=O) groups excluding carboxylic acids is 1. The molecule has 0 aliphatic heterocycles. The quantitative estimate of drug-likeness (QED) is 0.759. The molecule has 0 aliphatic rings. The first-order valence-electron chi connectivity index (χ1n) is 7.21. The van der Waals surface area contributed by atoms with Crippen LogP contribution < -0.4 is 10.0 Å². The van der Waals surface area contributed by atoms with Gasteiger partial charge in [0.15, 0.2) is 5.76 Å². The third-order valence-electron chi connectivity index (χ3n) is 3.52. The normalized spacial score (nSPS) is 11.4. The van der Waals surface area contributed by atoms with Gasteiger partial charge in [-0.1, -0.05) is 30.3 Å². The van der Waals surface area contributed by atoms with Crippen LogP contribution in [-0.4, -0.2) is 20.6 Å². The number of fused-ring (bicyclic) bond motifs is 1. The molecular weight excluding hydrogens is 328 g/mol. The molecule has 7 heteroatoms. The van der Waals surface area contributed by atoms with Crippen LogP contribution in [0.5, 0.6) is 0 Å². The summed E-state index contributed by atoms with van der Waals surface area (Å²) in [5, 5.41) is 3.56. The Morgan fingerprint density at radius 3 is 2.29 bits per heavy atom. The van der Waals surface area contributed by atoms with Gasteiger partial charge in [-0.25, -0.2) is 8.42 Å². The van der Waals surface area contributed by atoms with Crippen LogP contribution in [0.3, 0.4) is 0 Å². The van der Waals surface area contributed by atoms with Crippen molar-refractivity contribution in [3.8, 4) is 0 Å². The van der Waals surface area contributed by atoms with Gasteiger partial charge in [-0.15, -0.1) is 0 Å². The van der Waals surface area contributed by atoms with Crippen molar-refractivity contribution in [1.29, 1.82) is 0 Å². The molecule has 2 N–H and O–H groups in total. The van der Waals surface area contributed by atoms with E-state index in [1.807, 2.05) is 18.2 Å². The number of anilines is 2. The van der Waals surface area contributed by atoms with Gasteiger partial charge >= 0.3 is 0 Å². The van der Waals surface area contributed by atoms with Crippen LogP contribution in [0.1, 0.15) is 16.1 Å². The lowest BCUT2D eigenvalue weighted by Gasteiger charge is -2.11. The molecule has 0 spiro atoms. The number of rotatable bonds is 4. The van der Waals surface area contributed by atoms with Crippen LogP contribution in [0.25, 0.3) is 11.0 Å². The summed E-state index contributed by atoms with van der Waals surface area (Å²) < 4.78 is 30.9. The molecule has 0 saturated carbocycles. The van der Waals surface area contributed by atoms with Crippen molar-refractivity contribution in [3.05, 3.63) is 59.9 Å². The van der Waals surface area contributed by atoms with E-state index in [1.54, 1.807) is 37.3 Å². The third-order valence-corrected chi connectivity index (χ3v) is 4.11. The molecule has 0 unspecified atom stereocenters. The molecule has 1 aromatic heterocycles. The summed E-state index contributed by atoms with van der Waals surface area (Å²) in [5.41, 5.74) is 2.01. The Morgan fingerprint density at radius 2 is 1.62 bits per heavy atom. The minimum Gasteiger partial charge on any atom is -0.451 e. The van der Waals surface area contributed by atoms with Crippen molar-refractivity contribution in [3.63, 3.8) is 0 Å². The summed E-state index contributed by atoms with van der Waals surface area (Å²) in [5.74, 6) is -0.239. The predicted molar refractivity (Wildman–Crippen MR) is 93.8 cm³/mol. The predicted octanol–water partition coefficient (Wildman–Crippen LogP) is 3.37. The fourth-order valence-electron chi connectivity index (χ4n) is 2.45. The van der Waals surface area contributed by atoms with Gasteiger partial charge in [-0.3, -0.25) is 9.52 Å². The van der Waals surface area contributed by atoms with Gasteiger partial charge in [0.1, 0.15) is 5.58 Å². The van der Waals surface area contributed by atoms with E-state index >= 15 is 0 Å². The van der Waals surface area contributed by atoms with Crippen LogP contribution in [0.2, 0.25) is 0 Å². The van der Waals surface area contributed by atoms with Gasteiger partial charge in [0.05, 0.1) is 17.6 Å². The summed E-state index contributed by atoms with van der Waals surface area (Å²) in [6.45, 7) is 1.81. The number of nitrogens with one attached hydrogen (secondary N) is 2. The molecule has 24 heavy (non-hydrogen) atoms. The van der Waals surface area contributed by atoms with Gasteiger partial charge in [0.2, 0.25) is 10.0 Å². The summed E-state index contributed by atoms with van der Waals surface area (Å²) >= 11 is 0. The highest BCUT2D eigenvalue weighted by atomic mass is 32.2. The van der Waals surface area contributed by atoms with Crippen molar-refractivity contribution in [1.82, 2.24) is 0 Å². The zero-order valence-electron chi connectivity index (χ0n) is 13.2. The van der Waals surface area contributed by atoms with Gasteiger partial charge in [0, 0.05) is 10.9 Å². The van der Waals surface area contributed by atoms with Gasteiger partial charge in [-0.2, -0.15) is 0 Å². The standard InChI is InChI=1S/C17H16N2O4S/c1-11-12-7-3-6-10-15(12)23-16(11)17(20)18-13-8-4-5-9-14(13)19-24(2,21)22/h3-10,19H,1-2H3,(H,18,20). The molecule has 0 bridgehead atoms. The summed E-state index contributed by atoms with van der Waals surface area (Å²) in [4.78, 5) is 12.5. The van der Waals surface area contributed by atoms with E-state index in [9.17, 15) is 13.2 Å². The number of amides is 1. The largest absolute Gasteiger partial charge is 0.451 e. The molecule has 0 atom stereocenters. The maximum Gasteiger partial charge on any atom is 0.291 e. The highest BCUT2D eigenvalue weighted by Crippen LogP contribution is 2.27. The fraction of sp³-hybridized carbons (Fsp3) is 0.118. The third kappa shape index (κ3) is 3.26. The Balaban J connectivity index is 1.94. The fourth-order valence-corrected chi connectivity index (χ4v) is 3.03. The summed E-state index contributed by atoms with van der Waals surface area (Å²) in [6, 6.07) is 13.9. The number of hydrogen-bond donors (Lipinski definition) is 2. The molecule has 1 heterocycles. The Kier molecular flexibility index (Phi) is 4.02. The average molecular weight is 344 g/mol. The number of para-hydroxylation sites is 3. The molecule has 3 rings (SSSR count). The highest BCUT2D eigenvalue weighted by Gasteiger charge is 2.18. The number of carbonyl (C=O) groups is 1. The maximum atomic E-state index is 12.5. The monoisotopic (exact) mass is 344 g/mol. The van der Waals surface area contributed by atoms with E-state index in [0.29, 0.717) is 17.0 Å². The Bertz CT molecular complexity index is 1020. The second-order valence-electron chi connectivity index (χ2n) is 5.43. The van der Waals surface area contributed by atoms with Crippen LogP contribution in [0, 0.1) is 6.92 Å². The minimum absolute atomic E-state index is 0.199. The van der Waals surface area contributed by atoms with Crippen molar-refractivity contribution in [2.24, 2.45) is 0 Å². The van der Waals surface area contributed by atoms with E-state index in [2.05, 4.69) is 10.0 Å². The van der Waals surface area contributed by atoms with E-state index in [1.165, 1.54) is 0 Å². The van der Waals surface area contributed by atoms with Crippen molar-refractivity contribution in [2.45, 2.75) is 6.92 Å². The molecule has 6 nitrogen and oxygen atoms in total. The topological polar surface area (TPSA) is 88.4 Å². The van der Waals surface area contributed by atoms with E-state index in [4.69, 9.17) is 4.42 Å². The summed E-state index contributed by atoms with van der Waals surface area (Å²) in [6.07, 6.45) is 1.05. The zero-order valence-corrected chi connectivity index (χ0v) is 14.0. The number of hydrogen-bond acceptors (Lipinski definition) is 4. The first-order chi connectivity index (χ1) is 11.3. The smallest absolute Gasteiger partial charge is 0.291 e. The molecule has 0 fully saturated rings. The van der Waals surface area contributed by atoms with Crippen molar-refractivity contribution < 1.29 is 17.6 Å². The average Bonchev–Trinajstić information content (AvgIpc) is 2.85. The molecule has 1 amide bonds. The van der Waals surface area contributed by atoms with Crippen LogP contribution in [0.4, 0.5) is 11.4 Å². The molecule has 0 radical (unpaired) electrons. The first kappa shape index (κ1) is 16.1. The summed E-state index contributed by atoms with van der Waals surface area (Å²) in [7, 11) is -3.45. The molecular formula is C17H16N2O4S. The van der Waals surface area contributed by atoms with E-state index in [0.717, 1.165) is 17.2 Å². The van der Waals surface area contributed by atoms with Crippen molar-refractivity contribution in [2.75, 3.05) is 16.3 Å². The molecule has 0 saturated heterocycles. The molecule has 2 aromatic carbocycles. The van der Waals surface area contributed by atoms with Crippen molar-refractivity contribution >= 4 is 38.3 Å². The Labute approximate surface area is 139 Å². The van der Waals surface area contributed by atoms with Gasteiger partial charge in [-0.05, 0) is 25.1 Å². The zero-order chi connectivity index (χ0) is 17.3. The van der Waals surface area contributed by atoms with E-state index < -0.39 is 15.9 Å². The van der Waals surface area contributed by atoms with Crippen LogP contribution in [0.15, 0.2) is 52.9 Å². The number of furan rings is 1. The first-order valence-corrected chi connectivity index (χ1v) is 9.10. The van der Waals surface area contributed by atoms with Crippen LogP contribution >= 0.6 is 0 Å². The SMILES string of the molecule is Cc1c(C(=O)Nc2ccccc2NS(C)(=O)=O)oc2ccccc12. The second kappa shape index (κ2) is 6.01. The Hall–Kier alpha value is -2.80. The van der Waals surface area contributed by atoms with Gasteiger partial charge < -0.3 is 9.73 Å². The molecule has 0 aliphatic carbocycles. The number of benzene rings is 2. The maximum absolute atomic E-state index is 12.5. The molecule has 3 aromatic rings. The second-order valence-corrected chi connectivity index (χ2v) is 7.17. The lowest BCUT2D eigenvalue weighted by Crippen LogP contribution is -2.16. The number of sulfonamides is 1. The number of aryl methyl sites for hydroxylation is 1. The highest BCUT2D eigenvalue weighted by molar-refractivity contribution is 7.92. The molecule has 124 valence electrons. The van der Waals surface area contributed by atoms with E-state index in [-0.39, 0.29) is 5.76 Å².